The van der Waals surface area contributed by atoms with Crippen LogP contribution in [-0.4, -0.2) is 38.8 Å². The van der Waals surface area contributed by atoms with Gasteiger partial charge in [0.1, 0.15) is 12.7 Å². The summed E-state index contributed by atoms with van der Waals surface area (Å²) >= 11 is 0. The summed E-state index contributed by atoms with van der Waals surface area (Å²) < 4.78 is 1.77. The monoisotopic (exact) mass is 285 g/mol. The number of carbonyl (C=O) groups is 1. The van der Waals surface area contributed by atoms with E-state index in [-0.39, 0.29) is 12.1 Å². The first-order valence-electron chi connectivity index (χ1n) is 7.26. The van der Waals surface area contributed by atoms with E-state index in [1.165, 1.54) is 11.9 Å². The van der Waals surface area contributed by atoms with Gasteiger partial charge in [-0.25, -0.2) is 9.78 Å². The number of amides is 2. The standard InChI is InChI=1S/C15H19N5O/c21-15(17-8-4-9-19-12-16-11-18-19)20-10-7-14(20)13-5-2-1-3-6-13/h1-3,5-6,11-12,14H,4,7-10H2,(H,17,21)/t14-/m1/s1. The second-order valence-corrected chi connectivity index (χ2v) is 5.15. The molecule has 0 unspecified atom stereocenters. The predicted molar refractivity (Wildman–Crippen MR) is 78.5 cm³/mol. The SMILES string of the molecule is O=C(NCCCn1cncn1)N1CC[C@@H]1c1ccccc1. The molecular weight excluding hydrogens is 266 g/mol. The average molecular weight is 285 g/mol. The van der Waals surface area contributed by atoms with Gasteiger partial charge in [-0.05, 0) is 18.4 Å². The summed E-state index contributed by atoms with van der Waals surface area (Å²) in [5.74, 6) is 0. The maximum Gasteiger partial charge on any atom is 0.317 e. The molecule has 1 aliphatic rings. The van der Waals surface area contributed by atoms with Crippen molar-refractivity contribution in [3.05, 3.63) is 48.5 Å². The zero-order valence-electron chi connectivity index (χ0n) is 11.9. The third-order valence-corrected chi connectivity index (χ3v) is 3.77. The maximum atomic E-state index is 12.2. The fourth-order valence-corrected chi connectivity index (χ4v) is 2.54. The van der Waals surface area contributed by atoms with E-state index in [0.717, 1.165) is 25.9 Å². The molecule has 1 saturated heterocycles. The highest BCUT2D eigenvalue weighted by atomic mass is 16.2. The molecule has 1 aromatic carbocycles. The van der Waals surface area contributed by atoms with Crippen molar-refractivity contribution in [2.24, 2.45) is 0 Å². The number of benzene rings is 1. The lowest BCUT2D eigenvalue weighted by Gasteiger charge is -2.41. The van der Waals surface area contributed by atoms with Crippen molar-refractivity contribution in [2.45, 2.75) is 25.4 Å². The minimum absolute atomic E-state index is 0.0219. The van der Waals surface area contributed by atoms with Gasteiger partial charge < -0.3 is 10.2 Å². The van der Waals surface area contributed by atoms with Crippen molar-refractivity contribution >= 4 is 6.03 Å². The maximum absolute atomic E-state index is 12.2. The van der Waals surface area contributed by atoms with Gasteiger partial charge in [0.05, 0.1) is 6.04 Å². The van der Waals surface area contributed by atoms with Crippen molar-refractivity contribution < 1.29 is 4.79 Å². The van der Waals surface area contributed by atoms with Crippen molar-refractivity contribution in [1.29, 1.82) is 0 Å². The highest BCUT2D eigenvalue weighted by Crippen LogP contribution is 2.32. The van der Waals surface area contributed by atoms with Crippen LogP contribution in [0.2, 0.25) is 0 Å². The minimum Gasteiger partial charge on any atom is -0.338 e. The fourth-order valence-electron chi connectivity index (χ4n) is 2.54. The van der Waals surface area contributed by atoms with E-state index in [1.54, 1.807) is 11.0 Å². The zero-order valence-corrected chi connectivity index (χ0v) is 11.9. The molecule has 1 atom stereocenters. The molecule has 0 radical (unpaired) electrons. The van der Waals surface area contributed by atoms with E-state index in [9.17, 15) is 4.79 Å². The molecule has 0 spiro atoms. The van der Waals surface area contributed by atoms with Crippen LogP contribution in [0.4, 0.5) is 4.79 Å². The summed E-state index contributed by atoms with van der Waals surface area (Å²) in [6.45, 7) is 2.24. The molecule has 1 fully saturated rings. The normalized spacial score (nSPS) is 17.3. The van der Waals surface area contributed by atoms with Crippen molar-refractivity contribution in [1.82, 2.24) is 25.0 Å². The molecule has 0 saturated carbocycles. The number of aryl methyl sites for hydroxylation is 1. The van der Waals surface area contributed by atoms with Gasteiger partial charge in [0, 0.05) is 19.6 Å². The van der Waals surface area contributed by atoms with E-state index >= 15 is 0 Å². The van der Waals surface area contributed by atoms with Crippen LogP contribution < -0.4 is 5.32 Å². The number of nitrogens with zero attached hydrogens (tertiary/aromatic N) is 4. The van der Waals surface area contributed by atoms with Gasteiger partial charge in [-0.2, -0.15) is 5.10 Å². The Bertz CT molecular complexity index is 569. The van der Waals surface area contributed by atoms with Gasteiger partial charge in [0.15, 0.2) is 0 Å². The van der Waals surface area contributed by atoms with E-state index in [4.69, 9.17) is 0 Å². The van der Waals surface area contributed by atoms with Crippen LogP contribution in [0.1, 0.15) is 24.4 Å². The Labute approximate surface area is 123 Å². The number of aromatic nitrogens is 3. The second kappa shape index (κ2) is 6.39. The van der Waals surface area contributed by atoms with Gasteiger partial charge in [0.25, 0.3) is 0 Å². The Morgan fingerprint density at radius 1 is 1.33 bits per heavy atom. The fraction of sp³-hybridized carbons (Fsp3) is 0.400. The molecule has 1 N–H and O–H groups in total. The second-order valence-electron chi connectivity index (χ2n) is 5.15. The molecule has 21 heavy (non-hydrogen) atoms. The summed E-state index contributed by atoms with van der Waals surface area (Å²) in [7, 11) is 0. The number of carbonyl (C=O) groups excluding carboxylic acids is 1. The summed E-state index contributed by atoms with van der Waals surface area (Å²) in [4.78, 5) is 17.9. The first-order chi connectivity index (χ1) is 10.3. The molecule has 0 aliphatic carbocycles. The Balaban J connectivity index is 1.43. The smallest absolute Gasteiger partial charge is 0.317 e. The third kappa shape index (κ3) is 3.21. The molecule has 2 amide bonds. The number of urea groups is 1. The highest BCUT2D eigenvalue weighted by molar-refractivity contribution is 5.75. The van der Waals surface area contributed by atoms with Crippen LogP contribution in [0.15, 0.2) is 43.0 Å². The zero-order chi connectivity index (χ0) is 14.5. The molecule has 3 rings (SSSR count). The predicted octanol–water partition coefficient (Wildman–Crippen LogP) is 1.82. The molecule has 1 aliphatic heterocycles. The van der Waals surface area contributed by atoms with Crippen LogP contribution in [-0.2, 0) is 6.54 Å². The minimum atomic E-state index is 0.0219. The molecule has 2 heterocycles. The molecule has 1 aromatic heterocycles. The summed E-state index contributed by atoms with van der Waals surface area (Å²) in [5, 5.41) is 7.00. The van der Waals surface area contributed by atoms with Crippen LogP contribution in [0.3, 0.4) is 0 Å². The highest BCUT2D eigenvalue weighted by Gasteiger charge is 2.32. The van der Waals surface area contributed by atoms with Gasteiger partial charge in [-0.15, -0.1) is 0 Å². The molecule has 6 nitrogen and oxygen atoms in total. The summed E-state index contributed by atoms with van der Waals surface area (Å²) in [6.07, 6.45) is 5.08. The molecule has 6 heteroatoms. The molecule has 110 valence electrons. The first-order valence-corrected chi connectivity index (χ1v) is 7.26. The lowest BCUT2D eigenvalue weighted by Crippen LogP contribution is -2.50. The Morgan fingerprint density at radius 2 is 2.19 bits per heavy atom. The topological polar surface area (TPSA) is 63.1 Å². The summed E-state index contributed by atoms with van der Waals surface area (Å²) in [6, 6.07) is 10.4. The summed E-state index contributed by atoms with van der Waals surface area (Å²) in [5.41, 5.74) is 1.21. The Kier molecular flexibility index (Phi) is 4.14. The molecule has 2 aromatic rings. The van der Waals surface area contributed by atoms with Gasteiger partial charge in [0.2, 0.25) is 0 Å². The van der Waals surface area contributed by atoms with E-state index in [1.807, 2.05) is 23.1 Å². The first kappa shape index (κ1) is 13.6. The van der Waals surface area contributed by atoms with E-state index in [2.05, 4.69) is 27.5 Å². The van der Waals surface area contributed by atoms with Gasteiger partial charge in [-0.1, -0.05) is 30.3 Å². The Morgan fingerprint density at radius 3 is 2.86 bits per heavy atom. The number of hydrogen-bond donors (Lipinski definition) is 1. The Hall–Kier alpha value is -2.37. The average Bonchev–Trinajstić information content (AvgIpc) is 2.97. The van der Waals surface area contributed by atoms with Crippen molar-refractivity contribution in [2.75, 3.05) is 13.1 Å². The third-order valence-electron chi connectivity index (χ3n) is 3.77. The number of hydrogen-bond acceptors (Lipinski definition) is 3. The lowest BCUT2D eigenvalue weighted by atomic mass is 9.95. The van der Waals surface area contributed by atoms with E-state index < -0.39 is 0 Å². The number of nitrogens with one attached hydrogen (secondary N) is 1. The van der Waals surface area contributed by atoms with E-state index in [0.29, 0.717) is 6.54 Å². The molecular formula is C15H19N5O. The van der Waals surface area contributed by atoms with Crippen molar-refractivity contribution in [3.63, 3.8) is 0 Å². The lowest BCUT2D eigenvalue weighted by molar-refractivity contribution is 0.115. The largest absolute Gasteiger partial charge is 0.338 e. The van der Waals surface area contributed by atoms with Crippen LogP contribution >= 0.6 is 0 Å². The number of rotatable bonds is 5. The van der Waals surface area contributed by atoms with Gasteiger partial charge >= 0.3 is 6.03 Å². The molecule has 0 bridgehead atoms. The van der Waals surface area contributed by atoms with Crippen LogP contribution in [0.25, 0.3) is 0 Å². The van der Waals surface area contributed by atoms with Crippen LogP contribution in [0.5, 0.6) is 0 Å². The quantitative estimate of drug-likeness (QED) is 0.852. The number of likely N-dealkylation sites (tertiary alicyclic amines) is 1. The van der Waals surface area contributed by atoms with Crippen molar-refractivity contribution in [3.8, 4) is 0 Å². The van der Waals surface area contributed by atoms with Gasteiger partial charge in [-0.3, -0.25) is 4.68 Å². The van der Waals surface area contributed by atoms with Crippen LogP contribution in [0, 0.1) is 0 Å².